The smallest absolute Gasteiger partial charge is 0.229 e. The number of imide groups is 1. The summed E-state index contributed by atoms with van der Waals surface area (Å²) in [4.78, 5) is 26.8. The fraction of sp³-hybridized carbons (Fsp3) is 0.846. The Balaban J connectivity index is 1.76. The van der Waals surface area contributed by atoms with Crippen molar-refractivity contribution in [2.45, 2.75) is 25.7 Å². The molecule has 2 heterocycles. The number of carbonyl (C=O) groups is 2. The molecule has 1 unspecified atom stereocenters. The van der Waals surface area contributed by atoms with Gasteiger partial charge < -0.3 is 10.2 Å². The number of piperidine rings is 1. The zero-order valence-corrected chi connectivity index (χ0v) is 11.2. The molecule has 1 atom stereocenters. The molecule has 2 fully saturated rings. The lowest BCUT2D eigenvalue weighted by molar-refractivity contribution is -0.138. The average Bonchev–Trinajstić information content (AvgIpc) is 2.68. The van der Waals surface area contributed by atoms with Gasteiger partial charge in [-0.2, -0.15) is 0 Å². The van der Waals surface area contributed by atoms with Gasteiger partial charge in [-0.1, -0.05) is 0 Å². The van der Waals surface area contributed by atoms with Gasteiger partial charge in [-0.15, -0.1) is 0 Å². The van der Waals surface area contributed by atoms with E-state index in [0.29, 0.717) is 25.3 Å². The molecule has 2 amide bonds. The van der Waals surface area contributed by atoms with Crippen molar-refractivity contribution in [2.75, 3.05) is 39.8 Å². The Kier molecular flexibility index (Phi) is 4.72. The molecule has 0 bridgehead atoms. The molecule has 0 aromatic heterocycles. The highest BCUT2D eigenvalue weighted by Gasteiger charge is 2.29. The van der Waals surface area contributed by atoms with Crippen molar-refractivity contribution in [3.8, 4) is 0 Å². The highest BCUT2D eigenvalue weighted by Crippen LogP contribution is 2.16. The second kappa shape index (κ2) is 6.29. The molecule has 1 N–H and O–H groups in total. The lowest BCUT2D eigenvalue weighted by Crippen LogP contribution is -2.43. The average molecular weight is 253 g/mol. The van der Waals surface area contributed by atoms with Gasteiger partial charge in [0.05, 0.1) is 0 Å². The number of hydrogen-bond donors (Lipinski definition) is 1. The van der Waals surface area contributed by atoms with Crippen LogP contribution in [0, 0.1) is 5.92 Å². The van der Waals surface area contributed by atoms with Crippen LogP contribution in [-0.4, -0.2) is 61.4 Å². The van der Waals surface area contributed by atoms with Crippen LogP contribution < -0.4 is 5.32 Å². The van der Waals surface area contributed by atoms with Crippen molar-refractivity contribution in [3.05, 3.63) is 0 Å². The molecule has 102 valence electrons. The maximum absolute atomic E-state index is 11.5. The first kappa shape index (κ1) is 13.5. The predicted octanol–water partition coefficient (Wildman–Crippen LogP) is 0.0668. The second-order valence-corrected chi connectivity index (χ2v) is 5.31. The normalized spacial score (nSPS) is 26.1. The van der Waals surface area contributed by atoms with E-state index in [2.05, 4.69) is 10.2 Å². The monoisotopic (exact) mass is 253 g/mol. The summed E-state index contributed by atoms with van der Waals surface area (Å²) in [6.45, 7) is 4.63. The maximum atomic E-state index is 11.5. The SMILES string of the molecule is CNCC1CCCN(CCN2C(=O)CCC2=O)C1. The summed E-state index contributed by atoms with van der Waals surface area (Å²) in [5.74, 6) is 0.710. The van der Waals surface area contributed by atoms with Crippen LogP contribution in [0.4, 0.5) is 0 Å². The molecule has 0 aromatic carbocycles. The Morgan fingerprint density at radius 1 is 1.22 bits per heavy atom. The Labute approximate surface area is 108 Å². The molecule has 5 nitrogen and oxygen atoms in total. The van der Waals surface area contributed by atoms with Gasteiger partial charge in [0.1, 0.15) is 0 Å². The van der Waals surface area contributed by atoms with Crippen LogP contribution in [-0.2, 0) is 9.59 Å². The van der Waals surface area contributed by atoms with Gasteiger partial charge >= 0.3 is 0 Å². The summed E-state index contributed by atoms with van der Waals surface area (Å²) in [7, 11) is 1.99. The molecule has 2 aliphatic rings. The van der Waals surface area contributed by atoms with Crippen LogP contribution >= 0.6 is 0 Å². The van der Waals surface area contributed by atoms with E-state index in [1.54, 1.807) is 0 Å². The van der Waals surface area contributed by atoms with Crippen molar-refractivity contribution in [1.29, 1.82) is 0 Å². The molecule has 0 aromatic rings. The summed E-state index contributed by atoms with van der Waals surface area (Å²) < 4.78 is 0. The zero-order valence-electron chi connectivity index (χ0n) is 11.2. The van der Waals surface area contributed by atoms with Crippen LogP contribution in [0.3, 0.4) is 0 Å². The third kappa shape index (κ3) is 3.29. The van der Waals surface area contributed by atoms with Crippen molar-refractivity contribution >= 4 is 11.8 Å². The Morgan fingerprint density at radius 2 is 1.94 bits per heavy atom. The molecular weight excluding hydrogens is 230 g/mol. The van der Waals surface area contributed by atoms with Crippen LogP contribution in [0.2, 0.25) is 0 Å². The predicted molar refractivity (Wildman–Crippen MR) is 69.0 cm³/mol. The fourth-order valence-electron chi connectivity index (χ4n) is 2.92. The van der Waals surface area contributed by atoms with E-state index >= 15 is 0 Å². The first-order chi connectivity index (χ1) is 8.70. The third-order valence-electron chi connectivity index (χ3n) is 3.89. The summed E-state index contributed by atoms with van der Waals surface area (Å²) in [5, 5.41) is 3.22. The van der Waals surface area contributed by atoms with E-state index in [4.69, 9.17) is 0 Å². The van der Waals surface area contributed by atoms with Crippen molar-refractivity contribution in [3.63, 3.8) is 0 Å². The van der Waals surface area contributed by atoms with Crippen molar-refractivity contribution in [2.24, 2.45) is 5.92 Å². The molecule has 0 radical (unpaired) electrons. The van der Waals surface area contributed by atoms with Gasteiger partial charge in [0.2, 0.25) is 11.8 Å². The number of hydrogen-bond acceptors (Lipinski definition) is 4. The minimum absolute atomic E-state index is 0.00350. The lowest BCUT2D eigenvalue weighted by Gasteiger charge is -2.33. The van der Waals surface area contributed by atoms with Crippen LogP contribution in [0.5, 0.6) is 0 Å². The Morgan fingerprint density at radius 3 is 2.61 bits per heavy atom. The first-order valence-electron chi connectivity index (χ1n) is 6.91. The highest BCUT2D eigenvalue weighted by molar-refractivity contribution is 6.01. The highest BCUT2D eigenvalue weighted by atomic mass is 16.2. The minimum Gasteiger partial charge on any atom is -0.319 e. The molecule has 2 saturated heterocycles. The van der Waals surface area contributed by atoms with E-state index < -0.39 is 0 Å². The molecule has 18 heavy (non-hydrogen) atoms. The van der Waals surface area contributed by atoms with Crippen LogP contribution in [0.1, 0.15) is 25.7 Å². The van der Waals surface area contributed by atoms with E-state index in [-0.39, 0.29) is 11.8 Å². The largest absolute Gasteiger partial charge is 0.319 e. The number of nitrogens with zero attached hydrogens (tertiary/aromatic N) is 2. The number of rotatable bonds is 5. The zero-order chi connectivity index (χ0) is 13.0. The summed E-state index contributed by atoms with van der Waals surface area (Å²) >= 11 is 0. The molecule has 5 heteroatoms. The quantitative estimate of drug-likeness (QED) is 0.704. The number of likely N-dealkylation sites (tertiary alicyclic amines) is 2. The maximum Gasteiger partial charge on any atom is 0.229 e. The summed E-state index contributed by atoms with van der Waals surface area (Å²) in [6.07, 6.45) is 3.30. The number of amides is 2. The van der Waals surface area contributed by atoms with Crippen molar-refractivity contribution < 1.29 is 9.59 Å². The Bertz CT molecular complexity index is 301. The number of nitrogens with one attached hydrogen (secondary N) is 1. The summed E-state index contributed by atoms with van der Waals surface area (Å²) in [6, 6.07) is 0. The number of carbonyl (C=O) groups excluding carboxylic acids is 2. The minimum atomic E-state index is 0.00350. The van der Waals surface area contributed by atoms with Crippen molar-refractivity contribution in [1.82, 2.24) is 15.1 Å². The molecular formula is C13H23N3O2. The van der Waals surface area contributed by atoms with E-state index in [9.17, 15) is 9.59 Å². The first-order valence-corrected chi connectivity index (χ1v) is 6.91. The van der Waals surface area contributed by atoms with Gasteiger partial charge in [-0.3, -0.25) is 14.5 Å². The molecule has 0 saturated carbocycles. The van der Waals surface area contributed by atoms with Gasteiger partial charge in [-0.05, 0) is 38.9 Å². The van der Waals surface area contributed by atoms with Gasteiger partial charge in [0.15, 0.2) is 0 Å². The standard InChI is InChI=1S/C13H23N3O2/c1-14-9-11-3-2-6-15(10-11)7-8-16-12(17)4-5-13(16)18/h11,14H,2-10H2,1H3. The second-order valence-electron chi connectivity index (χ2n) is 5.31. The molecule has 2 aliphatic heterocycles. The topological polar surface area (TPSA) is 52.6 Å². The van der Waals surface area contributed by atoms with Gasteiger partial charge in [0.25, 0.3) is 0 Å². The molecule has 0 aliphatic carbocycles. The van der Waals surface area contributed by atoms with Crippen LogP contribution in [0.25, 0.3) is 0 Å². The molecule has 2 rings (SSSR count). The van der Waals surface area contributed by atoms with Gasteiger partial charge in [0, 0.05) is 32.5 Å². The summed E-state index contributed by atoms with van der Waals surface area (Å²) in [5.41, 5.74) is 0. The molecule has 0 spiro atoms. The fourth-order valence-corrected chi connectivity index (χ4v) is 2.92. The lowest BCUT2D eigenvalue weighted by atomic mass is 9.98. The van der Waals surface area contributed by atoms with Gasteiger partial charge in [-0.25, -0.2) is 0 Å². The Hall–Kier alpha value is -0.940. The van der Waals surface area contributed by atoms with Crippen LogP contribution in [0.15, 0.2) is 0 Å². The van der Waals surface area contributed by atoms with E-state index in [0.717, 1.165) is 26.2 Å². The van der Waals surface area contributed by atoms with E-state index in [1.807, 2.05) is 7.05 Å². The van der Waals surface area contributed by atoms with E-state index in [1.165, 1.54) is 17.7 Å². The third-order valence-corrected chi connectivity index (χ3v) is 3.89.